The molecular weight excluding hydrogens is 503 g/mol. The molecular formula is C27H24F3N3O5. The Labute approximate surface area is 215 Å². The molecule has 0 aromatic heterocycles. The number of anilines is 4. The Morgan fingerprint density at radius 2 is 1.84 bits per heavy atom. The van der Waals surface area contributed by atoms with Crippen molar-refractivity contribution in [2.75, 3.05) is 29.2 Å². The number of nitrogens with one attached hydrogen (secondary N) is 1. The van der Waals surface area contributed by atoms with Crippen LogP contribution >= 0.6 is 0 Å². The lowest BCUT2D eigenvalue weighted by molar-refractivity contribution is -0.171. The highest BCUT2D eigenvalue weighted by atomic mass is 19.4. The molecule has 3 aromatic carbocycles. The van der Waals surface area contributed by atoms with Gasteiger partial charge in [0.25, 0.3) is 0 Å². The van der Waals surface area contributed by atoms with Crippen LogP contribution in [0.3, 0.4) is 0 Å². The van der Waals surface area contributed by atoms with E-state index in [9.17, 15) is 22.8 Å². The van der Waals surface area contributed by atoms with Gasteiger partial charge in [0.1, 0.15) is 18.1 Å². The van der Waals surface area contributed by atoms with Crippen LogP contribution in [0, 0.1) is 6.92 Å². The lowest BCUT2D eigenvalue weighted by Gasteiger charge is -2.29. The van der Waals surface area contributed by atoms with Crippen molar-refractivity contribution in [1.82, 2.24) is 0 Å². The number of aliphatic carboxylic acids is 1. The minimum atomic E-state index is -5.15. The smallest absolute Gasteiger partial charge is 0.471 e. The first kappa shape index (κ1) is 25.2. The Bertz CT molecular complexity index is 1430. The maximum Gasteiger partial charge on any atom is 0.471 e. The molecule has 38 heavy (non-hydrogen) atoms. The number of para-hydroxylation sites is 1. The van der Waals surface area contributed by atoms with E-state index in [-0.39, 0.29) is 31.1 Å². The first-order chi connectivity index (χ1) is 18.0. The molecule has 2 aliphatic rings. The van der Waals surface area contributed by atoms with Crippen molar-refractivity contribution in [3.05, 3.63) is 71.3 Å². The maximum absolute atomic E-state index is 13.8. The number of benzene rings is 3. The van der Waals surface area contributed by atoms with Gasteiger partial charge in [0.2, 0.25) is 0 Å². The fourth-order valence-electron chi connectivity index (χ4n) is 4.85. The van der Waals surface area contributed by atoms with E-state index < -0.39 is 30.0 Å². The molecule has 0 saturated heterocycles. The number of amides is 1. The third-order valence-corrected chi connectivity index (χ3v) is 6.62. The molecule has 0 aliphatic carbocycles. The van der Waals surface area contributed by atoms with Crippen molar-refractivity contribution in [2.24, 2.45) is 0 Å². The summed E-state index contributed by atoms with van der Waals surface area (Å²) in [5.41, 5.74) is 9.59. The number of carboxylic acid groups (broad SMARTS) is 1. The van der Waals surface area contributed by atoms with Gasteiger partial charge in [0.15, 0.2) is 0 Å². The Kier molecular flexibility index (Phi) is 6.29. The van der Waals surface area contributed by atoms with Gasteiger partial charge in [-0.15, -0.1) is 0 Å². The Hall–Kier alpha value is -4.41. The normalized spacial score (nSPS) is 17.7. The second-order valence-corrected chi connectivity index (χ2v) is 9.27. The summed E-state index contributed by atoms with van der Waals surface area (Å²) in [5.74, 6) is -2.93. The monoisotopic (exact) mass is 527 g/mol. The quantitative estimate of drug-likeness (QED) is 0.373. The van der Waals surface area contributed by atoms with Crippen LogP contribution in [0.5, 0.6) is 11.5 Å². The number of nitrogen functional groups attached to an aromatic ring is 1. The number of hydrogen-bond donors (Lipinski definition) is 3. The van der Waals surface area contributed by atoms with E-state index in [0.29, 0.717) is 38.8 Å². The summed E-state index contributed by atoms with van der Waals surface area (Å²) in [6.07, 6.45) is -5.33. The van der Waals surface area contributed by atoms with Crippen molar-refractivity contribution in [2.45, 2.75) is 31.5 Å². The van der Waals surface area contributed by atoms with E-state index in [1.165, 1.54) is 18.2 Å². The minimum absolute atomic E-state index is 0.0374. The number of rotatable bonds is 6. The number of carboxylic acids is 1. The highest BCUT2D eigenvalue weighted by Crippen LogP contribution is 2.46. The van der Waals surface area contributed by atoms with Gasteiger partial charge in [-0.05, 0) is 36.8 Å². The molecule has 5 rings (SSSR count). The van der Waals surface area contributed by atoms with Crippen molar-refractivity contribution < 1.29 is 37.3 Å². The molecule has 1 amide bonds. The molecule has 0 fully saturated rings. The predicted octanol–water partition coefficient (Wildman–Crippen LogP) is 5.30. The molecule has 11 heteroatoms. The first-order valence-electron chi connectivity index (χ1n) is 11.8. The number of nitrogens with zero attached hydrogens (tertiary/aromatic N) is 1. The second-order valence-electron chi connectivity index (χ2n) is 9.27. The number of carbonyl (C=O) groups excluding carboxylic acids is 1. The SMILES string of the molecule is Cc1ccc(Nc2cccc3c2OCC3N(C(=O)C(F)(F)F)c2ccc3c(c2)OC[C@H]3CC(=O)O)c(N)c1. The van der Waals surface area contributed by atoms with Crippen LogP contribution in [0.25, 0.3) is 0 Å². The fraction of sp³-hybridized carbons (Fsp3) is 0.259. The Morgan fingerprint density at radius 3 is 2.55 bits per heavy atom. The zero-order chi connectivity index (χ0) is 27.2. The van der Waals surface area contributed by atoms with E-state index in [2.05, 4.69) is 5.32 Å². The van der Waals surface area contributed by atoms with E-state index >= 15 is 0 Å². The second kappa shape index (κ2) is 9.47. The molecule has 1 unspecified atom stereocenters. The third kappa shape index (κ3) is 4.67. The zero-order valence-electron chi connectivity index (χ0n) is 20.2. The topological polar surface area (TPSA) is 114 Å². The number of hydrogen-bond acceptors (Lipinski definition) is 6. The summed E-state index contributed by atoms with van der Waals surface area (Å²) in [4.78, 5) is 24.5. The number of aryl methyl sites for hydroxylation is 1. The minimum Gasteiger partial charge on any atom is -0.493 e. The van der Waals surface area contributed by atoms with E-state index in [4.69, 9.17) is 20.3 Å². The molecule has 2 atom stereocenters. The van der Waals surface area contributed by atoms with Crippen LogP contribution in [-0.2, 0) is 9.59 Å². The molecule has 0 spiro atoms. The summed E-state index contributed by atoms with van der Waals surface area (Å²) < 4.78 is 52.8. The number of fused-ring (bicyclic) bond motifs is 2. The lowest BCUT2D eigenvalue weighted by atomic mass is 9.97. The predicted molar refractivity (Wildman–Crippen MR) is 134 cm³/mol. The van der Waals surface area contributed by atoms with Crippen LogP contribution in [0.4, 0.5) is 35.9 Å². The lowest BCUT2D eigenvalue weighted by Crippen LogP contribution is -2.44. The summed E-state index contributed by atoms with van der Waals surface area (Å²) in [6.45, 7) is 1.78. The first-order valence-corrected chi connectivity index (χ1v) is 11.8. The highest BCUT2D eigenvalue weighted by molar-refractivity contribution is 5.98. The van der Waals surface area contributed by atoms with E-state index in [0.717, 1.165) is 5.56 Å². The van der Waals surface area contributed by atoms with Gasteiger partial charge < -0.3 is 25.6 Å². The largest absolute Gasteiger partial charge is 0.493 e. The van der Waals surface area contributed by atoms with Gasteiger partial charge >= 0.3 is 18.1 Å². The molecule has 2 aliphatic heterocycles. The molecule has 4 N–H and O–H groups in total. The van der Waals surface area contributed by atoms with Gasteiger partial charge in [-0.1, -0.05) is 24.3 Å². The van der Waals surface area contributed by atoms with Crippen molar-refractivity contribution in [3.63, 3.8) is 0 Å². The molecule has 198 valence electrons. The Balaban J connectivity index is 1.52. The summed E-state index contributed by atoms with van der Waals surface area (Å²) >= 11 is 0. The van der Waals surface area contributed by atoms with E-state index in [1.807, 2.05) is 13.0 Å². The Morgan fingerprint density at radius 1 is 1.05 bits per heavy atom. The average molecular weight is 527 g/mol. The van der Waals surface area contributed by atoms with Crippen LogP contribution < -0.4 is 25.4 Å². The average Bonchev–Trinajstić information content (AvgIpc) is 3.45. The fourth-order valence-corrected chi connectivity index (χ4v) is 4.85. The zero-order valence-corrected chi connectivity index (χ0v) is 20.2. The number of alkyl halides is 3. The molecule has 0 radical (unpaired) electrons. The molecule has 3 aromatic rings. The summed E-state index contributed by atoms with van der Waals surface area (Å²) in [7, 11) is 0. The van der Waals surface area contributed by atoms with Crippen LogP contribution in [0.2, 0.25) is 0 Å². The number of ether oxygens (including phenoxy) is 2. The number of halogens is 3. The van der Waals surface area contributed by atoms with E-state index in [1.54, 1.807) is 30.3 Å². The molecule has 0 bridgehead atoms. The number of nitrogens with two attached hydrogens (primary N) is 1. The summed E-state index contributed by atoms with van der Waals surface area (Å²) in [5, 5.41) is 12.3. The van der Waals surface area contributed by atoms with Crippen molar-refractivity contribution in [3.8, 4) is 11.5 Å². The highest BCUT2D eigenvalue weighted by Gasteiger charge is 2.48. The van der Waals surface area contributed by atoms with Crippen molar-refractivity contribution in [1.29, 1.82) is 0 Å². The van der Waals surface area contributed by atoms with Gasteiger partial charge in [0, 0.05) is 28.8 Å². The third-order valence-electron chi connectivity index (χ3n) is 6.62. The van der Waals surface area contributed by atoms with Crippen molar-refractivity contribution >= 4 is 34.6 Å². The van der Waals surface area contributed by atoms with Crippen LogP contribution in [0.15, 0.2) is 54.6 Å². The van der Waals surface area contributed by atoms with Gasteiger partial charge in [-0.25, -0.2) is 0 Å². The van der Waals surface area contributed by atoms with Crippen LogP contribution in [-0.4, -0.2) is 36.4 Å². The summed E-state index contributed by atoms with van der Waals surface area (Å²) in [6, 6.07) is 13.6. The molecule has 0 saturated carbocycles. The molecule has 8 nitrogen and oxygen atoms in total. The van der Waals surface area contributed by atoms with Gasteiger partial charge in [-0.3, -0.25) is 14.5 Å². The standard InChI is InChI=1S/C27H24F3N3O5/c1-14-5-8-20(19(31)9-14)32-21-4-2-3-18-22(13-38-25(18)21)33(26(36)27(28,29)30)16-6-7-17-15(10-24(34)35)12-37-23(17)11-16/h2-9,11,15,22,32H,10,12-13,31H2,1H3,(H,34,35)/t15-,22?/m1/s1. The van der Waals surface area contributed by atoms with Crippen LogP contribution in [0.1, 0.15) is 35.1 Å². The number of carbonyl (C=O) groups is 2. The maximum atomic E-state index is 13.8. The molecule has 2 heterocycles. The van der Waals surface area contributed by atoms with Gasteiger partial charge in [-0.2, -0.15) is 13.2 Å². The van der Waals surface area contributed by atoms with Gasteiger partial charge in [0.05, 0.1) is 36.1 Å².